The van der Waals surface area contributed by atoms with Crippen LogP contribution >= 0.6 is 11.6 Å². The van der Waals surface area contributed by atoms with Crippen LogP contribution in [0, 0.1) is 6.92 Å². The number of nitrogens with zero attached hydrogens (tertiary/aromatic N) is 2. The molecule has 0 bridgehead atoms. The van der Waals surface area contributed by atoms with Crippen LogP contribution in [-0.4, -0.2) is 16.5 Å². The number of rotatable bonds is 5. The fourth-order valence-corrected chi connectivity index (χ4v) is 2.35. The molecule has 2 aromatic rings. The molecule has 0 saturated heterocycles. The van der Waals surface area contributed by atoms with Gasteiger partial charge >= 0.3 is 0 Å². The molecule has 1 heterocycles. The van der Waals surface area contributed by atoms with Gasteiger partial charge in [0.15, 0.2) is 0 Å². The Morgan fingerprint density at radius 2 is 2.05 bits per heavy atom. The predicted molar refractivity (Wildman–Crippen MR) is 86.5 cm³/mol. The van der Waals surface area contributed by atoms with Gasteiger partial charge in [0.25, 0.3) is 0 Å². The average molecular weight is 306 g/mol. The van der Waals surface area contributed by atoms with Crippen molar-refractivity contribution in [3.63, 3.8) is 0 Å². The van der Waals surface area contributed by atoms with Crippen molar-refractivity contribution in [2.45, 2.75) is 33.6 Å². The van der Waals surface area contributed by atoms with E-state index < -0.39 is 0 Å². The topological polar surface area (TPSA) is 47.0 Å². The van der Waals surface area contributed by atoms with E-state index >= 15 is 0 Å². The van der Waals surface area contributed by atoms with E-state index in [1.807, 2.05) is 32.0 Å². The summed E-state index contributed by atoms with van der Waals surface area (Å²) in [6.45, 7) is 9.00. The lowest BCUT2D eigenvalue weighted by Crippen LogP contribution is -2.07. The minimum atomic E-state index is 0.253. The molecule has 112 valence electrons. The van der Waals surface area contributed by atoms with Crippen LogP contribution in [0.1, 0.15) is 37.8 Å². The molecule has 4 nitrogen and oxygen atoms in total. The van der Waals surface area contributed by atoms with Crippen molar-refractivity contribution in [1.29, 1.82) is 0 Å². The quantitative estimate of drug-likeness (QED) is 0.863. The second kappa shape index (κ2) is 6.76. The number of nitrogens with one attached hydrogen (secondary N) is 1. The van der Waals surface area contributed by atoms with Crippen molar-refractivity contribution < 1.29 is 4.74 Å². The Labute approximate surface area is 130 Å². The number of aromatic nitrogens is 2. The minimum Gasteiger partial charge on any atom is -0.438 e. The molecular weight excluding hydrogens is 286 g/mol. The summed E-state index contributed by atoms with van der Waals surface area (Å²) in [5, 5.41) is 3.95. The number of halogens is 1. The third kappa shape index (κ3) is 3.64. The van der Waals surface area contributed by atoms with E-state index in [1.54, 1.807) is 0 Å². The summed E-state index contributed by atoms with van der Waals surface area (Å²) in [6, 6.07) is 5.54. The van der Waals surface area contributed by atoms with E-state index in [4.69, 9.17) is 16.3 Å². The van der Waals surface area contributed by atoms with E-state index in [0.717, 1.165) is 29.2 Å². The smallest absolute Gasteiger partial charge is 0.227 e. The van der Waals surface area contributed by atoms with Crippen LogP contribution in [0.5, 0.6) is 11.6 Å². The zero-order chi connectivity index (χ0) is 15.4. The van der Waals surface area contributed by atoms with Gasteiger partial charge < -0.3 is 10.1 Å². The van der Waals surface area contributed by atoms with Crippen LogP contribution in [0.15, 0.2) is 24.5 Å². The second-order valence-electron chi connectivity index (χ2n) is 5.14. The molecule has 1 aromatic carbocycles. The second-order valence-corrected chi connectivity index (χ2v) is 5.57. The van der Waals surface area contributed by atoms with Crippen LogP contribution in [-0.2, 0) is 0 Å². The Morgan fingerprint density at radius 3 is 2.67 bits per heavy atom. The lowest BCUT2D eigenvalue weighted by molar-refractivity contribution is 0.448. The molecule has 0 aliphatic heterocycles. The third-order valence-corrected chi connectivity index (χ3v) is 3.35. The fourth-order valence-electron chi connectivity index (χ4n) is 2.12. The maximum atomic E-state index is 5.99. The van der Waals surface area contributed by atoms with Crippen LogP contribution < -0.4 is 10.1 Å². The molecule has 0 spiro atoms. The van der Waals surface area contributed by atoms with Gasteiger partial charge in [-0.1, -0.05) is 25.4 Å². The van der Waals surface area contributed by atoms with Crippen molar-refractivity contribution in [2.24, 2.45) is 0 Å². The molecule has 1 N–H and O–H groups in total. The SMILES string of the molecule is CCNc1ncnc(Oc2ccc(Cl)cc2C)c1C(C)C. The number of anilines is 1. The van der Waals surface area contributed by atoms with Crippen molar-refractivity contribution in [3.05, 3.63) is 40.7 Å². The summed E-state index contributed by atoms with van der Waals surface area (Å²) in [5.74, 6) is 2.41. The predicted octanol–water partition coefficient (Wildman–Crippen LogP) is 4.79. The van der Waals surface area contributed by atoms with Gasteiger partial charge in [0.1, 0.15) is 17.9 Å². The number of hydrogen-bond acceptors (Lipinski definition) is 4. The van der Waals surface area contributed by atoms with Gasteiger partial charge in [-0.05, 0) is 43.5 Å². The van der Waals surface area contributed by atoms with Crippen LogP contribution in [0.2, 0.25) is 5.02 Å². The highest BCUT2D eigenvalue weighted by Crippen LogP contribution is 2.34. The molecule has 0 atom stereocenters. The lowest BCUT2D eigenvalue weighted by atomic mass is 10.1. The van der Waals surface area contributed by atoms with Gasteiger partial charge in [-0.3, -0.25) is 0 Å². The van der Waals surface area contributed by atoms with E-state index in [0.29, 0.717) is 10.9 Å². The van der Waals surface area contributed by atoms with Gasteiger partial charge in [0, 0.05) is 11.6 Å². The molecule has 21 heavy (non-hydrogen) atoms. The first kappa shape index (κ1) is 15.6. The number of hydrogen-bond donors (Lipinski definition) is 1. The molecule has 5 heteroatoms. The molecule has 0 radical (unpaired) electrons. The Hall–Kier alpha value is -1.81. The third-order valence-electron chi connectivity index (χ3n) is 3.11. The summed E-state index contributed by atoms with van der Waals surface area (Å²) in [4.78, 5) is 8.60. The van der Waals surface area contributed by atoms with Crippen LogP contribution in [0.25, 0.3) is 0 Å². The maximum absolute atomic E-state index is 5.99. The standard InChI is InChI=1S/C16H20ClN3O/c1-5-18-15-14(10(2)3)16(20-9-19-15)21-13-7-6-12(17)8-11(13)4/h6-10H,5H2,1-4H3,(H,18,19,20). The van der Waals surface area contributed by atoms with E-state index in [-0.39, 0.29) is 5.92 Å². The number of benzene rings is 1. The summed E-state index contributed by atoms with van der Waals surface area (Å²) < 4.78 is 5.99. The largest absolute Gasteiger partial charge is 0.438 e. The molecule has 0 aliphatic carbocycles. The number of ether oxygens (including phenoxy) is 1. The van der Waals surface area contributed by atoms with Gasteiger partial charge in [-0.25, -0.2) is 9.97 Å². The molecule has 2 rings (SSSR count). The number of aryl methyl sites for hydroxylation is 1. The van der Waals surface area contributed by atoms with Gasteiger partial charge in [0.2, 0.25) is 5.88 Å². The summed E-state index contributed by atoms with van der Waals surface area (Å²) in [7, 11) is 0. The van der Waals surface area contributed by atoms with Crippen molar-refractivity contribution in [1.82, 2.24) is 9.97 Å². The normalized spacial score (nSPS) is 10.8. The monoisotopic (exact) mass is 305 g/mol. The van der Waals surface area contributed by atoms with Crippen molar-refractivity contribution in [2.75, 3.05) is 11.9 Å². The van der Waals surface area contributed by atoms with E-state index in [1.165, 1.54) is 6.33 Å². The zero-order valence-corrected chi connectivity index (χ0v) is 13.5. The molecule has 0 fully saturated rings. The zero-order valence-electron chi connectivity index (χ0n) is 12.8. The van der Waals surface area contributed by atoms with E-state index in [2.05, 4.69) is 29.1 Å². The molecule has 0 aliphatic rings. The minimum absolute atomic E-state index is 0.253. The highest BCUT2D eigenvalue weighted by atomic mass is 35.5. The maximum Gasteiger partial charge on any atom is 0.227 e. The van der Waals surface area contributed by atoms with E-state index in [9.17, 15) is 0 Å². The summed E-state index contributed by atoms with van der Waals surface area (Å²) in [5.41, 5.74) is 1.95. The Balaban J connectivity index is 2.41. The van der Waals surface area contributed by atoms with Crippen LogP contribution in [0.3, 0.4) is 0 Å². The molecule has 0 saturated carbocycles. The van der Waals surface area contributed by atoms with Crippen LogP contribution in [0.4, 0.5) is 5.82 Å². The van der Waals surface area contributed by atoms with Gasteiger partial charge in [-0.2, -0.15) is 0 Å². The van der Waals surface area contributed by atoms with Gasteiger partial charge in [0.05, 0.1) is 5.56 Å². The molecule has 0 unspecified atom stereocenters. The Kier molecular flexibility index (Phi) is 5.02. The first-order chi connectivity index (χ1) is 10.0. The Morgan fingerprint density at radius 1 is 1.29 bits per heavy atom. The lowest BCUT2D eigenvalue weighted by Gasteiger charge is -2.17. The first-order valence-corrected chi connectivity index (χ1v) is 7.43. The fraction of sp³-hybridized carbons (Fsp3) is 0.375. The summed E-state index contributed by atoms with van der Waals surface area (Å²) >= 11 is 5.98. The van der Waals surface area contributed by atoms with Crippen molar-refractivity contribution >= 4 is 17.4 Å². The molecule has 1 aromatic heterocycles. The molecule has 0 amide bonds. The first-order valence-electron chi connectivity index (χ1n) is 7.05. The highest BCUT2D eigenvalue weighted by Gasteiger charge is 2.17. The average Bonchev–Trinajstić information content (AvgIpc) is 2.42. The summed E-state index contributed by atoms with van der Waals surface area (Å²) in [6.07, 6.45) is 1.52. The molecular formula is C16H20ClN3O. The van der Waals surface area contributed by atoms with Crippen molar-refractivity contribution in [3.8, 4) is 11.6 Å². The van der Waals surface area contributed by atoms with Gasteiger partial charge in [-0.15, -0.1) is 0 Å². The Bertz CT molecular complexity index is 629. The highest BCUT2D eigenvalue weighted by molar-refractivity contribution is 6.30.